The number of aryl methyl sites for hydroxylation is 1. The molecule has 2 heterocycles. The lowest BCUT2D eigenvalue weighted by molar-refractivity contribution is 0.387. The molecule has 5 heteroatoms. The molecule has 3 rings (SSSR count). The average Bonchev–Trinajstić information content (AvgIpc) is 2.97. The Bertz CT molecular complexity index is 483. The molecular weight excluding hydrogens is 206 g/mol. The summed E-state index contributed by atoms with van der Waals surface area (Å²) in [7, 11) is 0. The summed E-state index contributed by atoms with van der Waals surface area (Å²) in [5.74, 6) is 2.48. The van der Waals surface area contributed by atoms with Gasteiger partial charge in [0, 0.05) is 12.0 Å². The third-order valence-corrected chi connectivity index (χ3v) is 3.01. The Morgan fingerprint density at radius 3 is 2.69 bits per heavy atom. The van der Waals surface area contributed by atoms with Crippen molar-refractivity contribution in [1.82, 2.24) is 15.3 Å². The molecule has 1 aliphatic rings. The Hall–Kier alpha value is -1.65. The van der Waals surface area contributed by atoms with Gasteiger partial charge < -0.3 is 9.05 Å². The summed E-state index contributed by atoms with van der Waals surface area (Å²) >= 11 is 0. The normalized spacial score (nSPS) is 17.1. The van der Waals surface area contributed by atoms with E-state index in [2.05, 4.69) is 15.3 Å². The first kappa shape index (κ1) is 9.57. The van der Waals surface area contributed by atoms with Gasteiger partial charge in [0.1, 0.15) is 5.76 Å². The van der Waals surface area contributed by atoms with E-state index >= 15 is 0 Å². The minimum absolute atomic E-state index is 0.457. The maximum Gasteiger partial charge on any atom is 0.280 e. The van der Waals surface area contributed by atoms with E-state index in [-0.39, 0.29) is 0 Å². The van der Waals surface area contributed by atoms with Gasteiger partial charge in [0.25, 0.3) is 5.89 Å². The van der Waals surface area contributed by atoms with Crippen molar-refractivity contribution < 1.29 is 9.05 Å². The Morgan fingerprint density at radius 2 is 2.00 bits per heavy atom. The lowest BCUT2D eigenvalue weighted by atomic mass is 10.1. The summed E-state index contributed by atoms with van der Waals surface area (Å²) in [5, 5.41) is 7.87. The van der Waals surface area contributed by atoms with E-state index in [0.717, 1.165) is 24.4 Å². The van der Waals surface area contributed by atoms with Crippen LogP contribution in [0.2, 0.25) is 0 Å². The van der Waals surface area contributed by atoms with Crippen molar-refractivity contribution in [3.8, 4) is 11.6 Å². The fourth-order valence-electron chi connectivity index (χ4n) is 2.16. The number of hydrogen-bond acceptors (Lipinski definition) is 5. The lowest BCUT2D eigenvalue weighted by Gasteiger charge is -1.99. The van der Waals surface area contributed by atoms with Crippen LogP contribution in [0.4, 0.5) is 0 Å². The molecule has 84 valence electrons. The molecule has 1 saturated carbocycles. The highest BCUT2D eigenvalue weighted by molar-refractivity contribution is 5.45. The van der Waals surface area contributed by atoms with E-state index in [9.17, 15) is 0 Å². The highest BCUT2D eigenvalue weighted by Gasteiger charge is 2.23. The summed E-state index contributed by atoms with van der Waals surface area (Å²) in [6.45, 7) is 1.84. The molecule has 0 saturated heterocycles. The molecular formula is C11H13N3O2. The molecule has 5 nitrogen and oxygen atoms in total. The second-order valence-electron chi connectivity index (χ2n) is 4.26. The fraction of sp³-hybridized carbons (Fsp3) is 0.545. The summed E-state index contributed by atoms with van der Waals surface area (Å²) in [4.78, 5) is 4.38. The third kappa shape index (κ3) is 1.62. The van der Waals surface area contributed by atoms with Gasteiger partial charge in [-0.05, 0) is 19.8 Å². The van der Waals surface area contributed by atoms with Crippen molar-refractivity contribution in [3.63, 3.8) is 0 Å². The number of nitrogens with zero attached hydrogens (tertiary/aromatic N) is 3. The van der Waals surface area contributed by atoms with Gasteiger partial charge in [0.2, 0.25) is 0 Å². The van der Waals surface area contributed by atoms with Crippen LogP contribution >= 0.6 is 0 Å². The van der Waals surface area contributed by atoms with Crippen LogP contribution in [-0.2, 0) is 0 Å². The minimum atomic E-state index is 0.457. The van der Waals surface area contributed by atoms with Gasteiger partial charge >= 0.3 is 0 Å². The smallest absolute Gasteiger partial charge is 0.280 e. The Kier molecular flexibility index (Phi) is 2.23. The van der Waals surface area contributed by atoms with Gasteiger partial charge in [-0.1, -0.05) is 23.2 Å². The molecule has 0 amide bonds. The molecule has 0 radical (unpaired) electrons. The standard InChI is InChI=1S/C11H13N3O2/c1-7-6-9(13-15-7)11-12-10(14-16-11)8-4-2-3-5-8/h6,8H,2-5H2,1H3. The number of rotatable bonds is 2. The first-order chi connectivity index (χ1) is 7.83. The van der Waals surface area contributed by atoms with Gasteiger partial charge in [-0.3, -0.25) is 0 Å². The molecule has 0 N–H and O–H groups in total. The van der Waals surface area contributed by atoms with E-state index < -0.39 is 0 Å². The van der Waals surface area contributed by atoms with E-state index in [1.54, 1.807) is 6.07 Å². The lowest BCUT2D eigenvalue weighted by Crippen LogP contribution is -1.94. The zero-order valence-electron chi connectivity index (χ0n) is 9.14. The van der Waals surface area contributed by atoms with Crippen LogP contribution in [0.25, 0.3) is 11.6 Å². The van der Waals surface area contributed by atoms with Crippen molar-refractivity contribution in [2.75, 3.05) is 0 Å². The quantitative estimate of drug-likeness (QED) is 0.776. The van der Waals surface area contributed by atoms with Crippen LogP contribution in [0.15, 0.2) is 15.1 Å². The summed E-state index contributed by atoms with van der Waals surface area (Å²) in [5.41, 5.74) is 0.620. The van der Waals surface area contributed by atoms with Crippen LogP contribution < -0.4 is 0 Å². The topological polar surface area (TPSA) is 65.0 Å². The van der Waals surface area contributed by atoms with Gasteiger partial charge in [0.15, 0.2) is 11.5 Å². The molecule has 0 atom stereocenters. The van der Waals surface area contributed by atoms with Crippen molar-refractivity contribution in [3.05, 3.63) is 17.7 Å². The van der Waals surface area contributed by atoms with Crippen LogP contribution in [0, 0.1) is 6.92 Å². The average molecular weight is 219 g/mol. The molecule has 2 aromatic rings. The molecule has 1 fully saturated rings. The first-order valence-corrected chi connectivity index (χ1v) is 5.60. The van der Waals surface area contributed by atoms with Gasteiger partial charge in [0.05, 0.1) is 0 Å². The highest BCUT2D eigenvalue weighted by atomic mass is 16.5. The van der Waals surface area contributed by atoms with Crippen molar-refractivity contribution in [2.45, 2.75) is 38.5 Å². The highest BCUT2D eigenvalue weighted by Crippen LogP contribution is 2.33. The fourth-order valence-corrected chi connectivity index (χ4v) is 2.16. The minimum Gasteiger partial charge on any atom is -0.361 e. The van der Waals surface area contributed by atoms with Crippen LogP contribution in [0.3, 0.4) is 0 Å². The Balaban J connectivity index is 1.87. The summed E-state index contributed by atoms with van der Waals surface area (Å²) in [6, 6.07) is 1.80. The van der Waals surface area contributed by atoms with Crippen molar-refractivity contribution in [2.24, 2.45) is 0 Å². The van der Waals surface area contributed by atoms with Crippen LogP contribution in [0.5, 0.6) is 0 Å². The van der Waals surface area contributed by atoms with Gasteiger partial charge in [-0.25, -0.2) is 0 Å². The molecule has 0 spiro atoms. The van der Waals surface area contributed by atoms with Gasteiger partial charge in [-0.15, -0.1) is 0 Å². The first-order valence-electron chi connectivity index (χ1n) is 5.60. The number of hydrogen-bond donors (Lipinski definition) is 0. The van der Waals surface area contributed by atoms with E-state index in [0.29, 0.717) is 17.5 Å². The maximum absolute atomic E-state index is 5.19. The third-order valence-electron chi connectivity index (χ3n) is 3.01. The predicted octanol–water partition coefficient (Wildman–Crippen LogP) is 2.69. The Morgan fingerprint density at radius 1 is 1.19 bits per heavy atom. The summed E-state index contributed by atoms with van der Waals surface area (Å²) < 4.78 is 10.2. The molecule has 0 unspecified atom stereocenters. The molecule has 1 aliphatic carbocycles. The molecule has 0 aromatic carbocycles. The maximum atomic E-state index is 5.19. The number of aromatic nitrogens is 3. The van der Waals surface area contributed by atoms with Crippen molar-refractivity contribution >= 4 is 0 Å². The zero-order chi connectivity index (χ0) is 11.0. The van der Waals surface area contributed by atoms with E-state index in [1.807, 2.05) is 6.92 Å². The van der Waals surface area contributed by atoms with Crippen molar-refractivity contribution in [1.29, 1.82) is 0 Å². The second kappa shape index (κ2) is 3.73. The molecule has 0 bridgehead atoms. The van der Waals surface area contributed by atoms with Gasteiger partial charge in [-0.2, -0.15) is 4.98 Å². The van der Waals surface area contributed by atoms with E-state index in [1.165, 1.54) is 12.8 Å². The van der Waals surface area contributed by atoms with Crippen LogP contribution in [0.1, 0.15) is 43.2 Å². The van der Waals surface area contributed by atoms with E-state index in [4.69, 9.17) is 9.05 Å². The monoisotopic (exact) mass is 219 g/mol. The van der Waals surface area contributed by atoms with Crippen LogP contribution in [-0.4, -0.2) is 15.3 Å². The predicted molar refractivity (Wildman–Crippen MR) is 55.7 cm³/mol. The molecule has 0 aliphatic heterocycles. The molecule has 16 heavy (non-hydrogen) atoms. The Labute approximate surface area is 92.8 Å². The SMILES string of the molecule is Cc1cc(-c2nc(C3CCCC3)no2)no1. The zero-order valence-corrected chi connectivity index (χ0v) is 9.14. The molecule has 2 aromatic heterocycles. The largest absolute Gasteiger partial charge is 0.361 e. The summed E-state index contributed by atoms with van der Waals surface area (Å²) in [6.07, 6.45) is 4.85. The second-order valence-corrected chi connectivity index (χ2v) is 4.26.